The molecule has 0 aliphatic rings. The molecule has 2 aromatic rings. The molecule has 37 heavy (non-hydrogen) atoms. The molecule has 2 aromatic carbocycles. The van der Waals surface area contributed by atoms with Gasteiger partial charge in [0.2, 0.25) is 0 Å². The van der Waals surface area contributed by atoms with E-state index in [2.05, 4.69) is 83.8 Å². The summed E-state index contributed by atoms with van der Waals surface area (Å²) < 4.78 is 24.9. The van der Waals surface area contributed by atoms with E-state index in [9.17, 15) is 9.59 Å². The molecule has 10 heteroatoms. The van der Waals surface area contributed by atoms with Crippen molar-refractivity contribution in [3.63, 3.8) is 0 Å². The van der Waals surface area contributed by atoms with Crippen LogP contribution in [-0.2, 0) is 25.5 Å². The Balaban J connectivity index is 1.99. The van der Waals surface area contributed by atoms with Crippen LogP contribution in [0, 0.1) is 0 Å². The van der Waals surface area contributed by atoms with Gasteiger partial charge in [0.15, 0.2) is 0 Å². The Morgan fingerprint density at radius 2 is 1.11 bits per heavy atom. The number of benzene rings is 2. The van der Waals surface area contributed by atoms with Crippen molar-refractivity contribution in [2.24, 2.45) is 0 Å². The topological polar surface area (TPSA) is 71.1 Å². The molecule has 0 saturated heterocycles. The van der Waals surface area contributed by atoms with E-state index in [-0.39, 0.29) is 32.3 Å². The molecule has 0 bridgehead atoms. The zero-order valence-electron chi connectivity index (χ0n) is 20.8. The van der Waals surface area contributed by atoms with Gasteiger partial charge in [0.1, 0.15) is 37.9 Å². The van der Waals surface area contributed by atoms with E-state index < -0.39 is 11.9 Å². The smallest absolute Gasteiger partial charge is 0.333 e. The van der Waals surface area contributed by atoms with Crippen LogP contribution < -0.4 is 9.47 Å². The van der Waals surface area contributed by atoms with E-state index in [1.807, 2.05) is 24.3 Å². The number of ether oxygens (including phenoxy) is 4. The summed E-state index contributed by atoms with van der Waals surface area (Å²) >= 11 is 14.3. The highest BCUT2D eigenvalue weighted by Crippen LogP contribution is 2.39. The molecule has 0 N–H and O–H groups in total. The first-order valence-electron chi connectivity index (χ1n) is 11.3. The van der Waals surface area contributed by atoms with Gasteiger partial charge in [-0.15, -0.1) is 0 Å². The van der Waals surface area contributed by atoms with Crippen molar-refractivity contribution in [1.82, 2.24) is 0 Å². The number of esters is 2. The van der Waals surface area contributed by atoms with Gasteiger partial charge >= 0.3 is 11.9 Å². The fraction of sp³-hybridized carbons (Fsp3) is 0.333. The minimum absolute atomic E-state index is 0.131. The van der Waals surface area contributed by atoms with Crippen LogP contribution in [0.2, 0.25) is 0 Å². The third-order valence-electron chi connectivity index (χ3n) is 5.01. The van der Waals surface area contributed by atoms with Crippen molar-refractivity contribution >= 4 is 75.7 Å². The zero-order valence-corrected chi connectivity index (χ0v) is 27.1. The third-order valence-corrected chi connectivity index (χ3v) is 7.37. The third kappa shape index (κ3) is 9.89. The highest BCUT2D eigenvalue weighted by Gasteiger charge is 2.16. The molecular formula is C27H28Br4O6. The molecule has 0 spiro atoms. The van der Waals surface area contributed by atoms with Crippen LogP contribution in [0.15, 0.2) is 66.5 Å². The average molecular weight is 768 g/mol. The lowest BCUT2D eigenvalue weighted by Crippen LogP contribution is -2.13. The number of hydrogen-bond donors (Lipinski definition) is 0. The summed E-state index contributed by atoms with van der Waals surface area (Å²) in [6.07, 6.45) is 0.781. The largest absolute Gasteiger partial charge is 0.488 e. The summed E-state index contributed by atoms with van der Waals surface area (Å²) in [5, 5.41) is 0. The van der Waals surface area contributed by atoms with Crippen molar-refractivity contribution in [2.45, 2.75) is 33.1 Å². The molecule has 0 amide bonds. The molecule has 2 rings (SSSR count). The van der Waals surface area contributed by atoms with Crippen molar-refractivity contribution in [2.75, 3.05) is 26.4 Å². The monoisotopic (exact) mass is 764 g/mol. The van der Waals surface area contributed by atoms with Crippen LogP contribution in [0.1, 0.15) is 37.8 Å². The highest BCUT2D eigenvalue weighted by atomic mass is 79.9. The molecule has 1 unspecified atom stereocenters. The second kappa shape index (κ2) is 15.1. The summed E-state index contributed by atoms with van der Waals surface area (Å²) in [5.41, 5.74) is 2.93. The Morgan fingerprint density at radius 1 is 0.730 bits per heavy atom. The molecule has 0 aliphatic heterocycles. The lowest BCUT2D eigenvalue weighted by Gasteiger charge is -2.18. The second-order valence-electron chi connectivity index (χ2n) is 8.34. The van der Waals surface area contributed by atoms with Gasteiger partial charge in [0.25, 0.3) is 0 Å². The molecule has 6 nitrogen and oxygen atoms in total. The standard InChI is InChI=1S/C27H28Br4O6/c1-15(2)26(32)36-8-6-34-24-20(28)11-18(12-21(24)29)10-17(5)19-13-22(30)25(23(31)14-19)35-7-9-37-27(33)16(3)4/h11-14,17H,1,3,6-10H2,2,4-5H3. The van der Waals surface area contributed by atoms with Crippen LogP contribution in [0.5, 0.6) is 11.5 Å². The SMILES string of the molecule is C=C(C)C(=O)OCCOc1c(Br)cc(CC(C)c2cc(Br)c(OCCOC(=O)C(=C)C)c(Br)c2)cc1Br. The average Bonchev–Trinajstić information content (AvgIpc) is 2.81. The quantitative estimate of drug-likeness (QED) is 0.117. The van der Waals surface area contributed by atoms with E-state index in [4.69, 9.17) is 18.9 Å². The molecule has 0 radical (unpaired) electrons. The Kier molecular flexibility index (Phi) is 12.9. The predicted octanol–water partition coefficient (Wildman–Crippen LogP) is 8.08. The van der Waals surface area contributed by atoms with E-state index in [1.54, 1.807) is 13.8 Å². The summed E-state index contributed by atoms with van der Waals surface area (Å²) in [4.78, 5) is 23.0. The van der Waals surface area contributed by atoms with Gasteiger partial charge < -0.3 is 18.9 Å². The van der Waals surface area contributed by atoms with Crippen LogP contribution in [0.3, 0.4) is 0 Å². The minimum Gasteiger partial charge on any atom is -0.488 e. The maximum Gasteiger partial charge on any atom is 0.333 e. The van der Waals surface area contributed by atoms with Crippen molar-refractivity contribution in [3.8, 4) is 11.5 Å². The lowest BCUT2D eigenvalue weighted by atomic mass is 9.93. The van der Waals surface area contributed by atoms with E-state index in [1.165, 1.54) is 0 Å². The molecule has 0 fully saturated rings. The van der Waals surface area contributed by atoms with E-state index >= 15 is 0 Å². The van der Waals surface area contributed by atoms with Crippen LogP contribution in [0.4, 0.5) is 0 Å². The van der Waals surface area contributed by atoms with Gasteiger partial charge in [-0.1, -0.05) is 20.1 Å². The fourth-order valence-electron chi connectivity index (χ4n) is 3.14. The van der Waals surface area contributed by atoms with Crippen molar-refractivity contribution in [1.29, 1.82) is 0 Å². The maximum absolute atomic E-state index is 11.5. The molecule has 0 aliphatic carbocycles. The molecular weight excluding hydrogens is 740 g/mol. The first kappa shape index (κ1) is 31.6. The van der Waals surface area contributed by atoms with Gasteiger partial charge in [-0.05, 0) is 125 Å². The zero-order chi connectivity index (χ0) is 27.7. The summed E-state index contributed by atoms with van der Waals surface area (Å²) in [7, 11) is 0. The number of halogens is 4. The second-order valence-corrected chi connectivity index (χ2v) is 11.8. The number of hydrogen-bond acceptors (Lipinski definition) is 6. The Morgan fingerprint density at radius 3 is 1.49 bits per heavy atom. The van der Waals surface area contributed by atoms with Crippen LogP contribution in [0.25, 0.3) is 0 Å². The Labute approximate surface area is 251 Å². The summed E-state index contributed by atoms with van der Waals surface area (Å²) in [6.45, 7) is 13.2. The lowest BCUT2D eigenvalue weighted by molar-refractivity contribution is -0.140. The van der Waals surface area contributed by atoms with Crippen LogP contribution >= 0.6 is 63.7 Å². The Bertz CT molecular complexity index is 1130. The van der Waals surface area contributed by atoms with E-state index in [0.29, 0.717) is 22.6 Å². The summed E-state index contributed by atoms with van der Waals surface area (Å²) in [6, 6.07) is 8.09. The molecule has 0 heterocycles. The van der Waals surface area contributed by atoms with Crippen molar-refractivity contribution < 1.29 is 28.5 Å². The molecule has 1 atom stereocenters. The summed E-state index contributed by atoms with van der Waals surface area (Å²) in [5.74, 6) is 0.609. The predicted molar refractivity (Wildman–Crippen MR) is 158 cm³/mol. The van der Waals surface area contributed by atoms with Gasteiger partial charge in [-0.25, -0.2) is 9.59 Å². The van der Waals surface area contributed by atoms with Gasteiger partial charge in [0.05, 0.1) is 17.9 Å². The van der Waals surface area contributed by atoms with Gasteiger partial charge in [-0.3, -0.25) is 0 Å². The molecule has 0 saturated carbocycles. The first-order valence-corrected chi connectivity index (χ1v) is 14.5. The maximum atomic E-state index is 11.5. The molecule has 0 aromatic heterocycles. The molecule has 200 valence electrons. The number of carbonyl (C=O) groups excluding carboxylic acids is 2. The van der Waals surface area contributed by atoms with Crippen molar-refractivity contribution in [3.05, 3.63) is 77.6 Å². The first-order chi connectivity index (χ1) is 17.4. The van der Waals surface area contributed by atoms with Crippen LogP contribution in [-0.4, -0.2) is 38.4 Å². The van der Waals surface area contributed by atoms with Gasteiger partial charge in [0, 0.05) is 11.1 Å². The van der Waals surface area contributed by atoms with Gasteiger partial charge in [-0.2, -0.15) is 0 Å². The fourth-order valence-corrected chi connectivity index (χ4v) is 6.10. The number of rotatable bonds is 13. The van der Waals surface area contributed by atoms with E-state index in [0.717, 1.165) is 35.4 Å². The highest BCUT2D eigenvalue weighted by molar-refractivity contribution is 9.11. The number of carbonyl (C=O) groups is 2. The Hall–Kier alpha value is -1.62. The normalized spacial score (nSPS) is 11.4. The minimum atomic E-state index is -0.437.